The van der Waals surface area contributed by atoms with E-state index < -0.39 is 35.4 Å². The average Bonchev–Trinajstić information content (AvgIpc) is 2.57. The van der Waals surface area contributed by atoms with Gasteiger partial charge in [-0.1, -0.05) is 41.4 Å². The first-order valence-electron chi connectivity index (χ1n) is 7.99. The molecule has 1 N–H and O–H groups in total. The van der Waals surface area contributed by atoms with Crippen LogP contribution in [0, 0.1) is 6.92 Å². The molecular formula is C19H17ClF3NO3. The van der Waals surface area contributed by atoms with Crippen LogP contribution >= 0.6 is 11.6 Å². The molecule has 0 aliphatic rings. The van der Waals surface area contributed by atoms with E-state index in [9.17, 15) is 22.8 Å². The Morgan fingerprint density at radius 1 is 1.15 bits per heavy atom. The van der Waals surface area contributed by atoms with Crippen molar-refractivity contribution in [2.75, 3.05) is 5.32 Å². The van der Waals surface area contributed by atoms with Crippen LogP contribution in [0.25, 0.3) is 0 Å². The van der Waals surface area contributed by atoms with Crippen LogP contribution in [0.2, 0.25) is 5.02 Å². The fourth-order valence-corrected chi connectivity index (χ4v) is 2.43. The number of rotatable bonds is 5. The lowest BCUT2D eigenvalue weighted by atomic mass is 10.1. The minimum Gasteiger partial charge on any atom is -0.452 e. The first-order valence-corrected chi connectivity index (χ1v) is 8.36. The van der Waals surface area contributed by atoms with Crippen molar-refractivity contribution in [3.05, 3.63) is 64.2 Å². The van der Waals surface area contributed by atoms with E-state index in [1.807, 2.05) is 19.1 Å². The summed E-state index contributed by atoms with van der Waals surface area (Å²) in [6.45, 7) is 3.19. The number of halogens is 4. The third kappa shape index (κ3) is 5.99. The summed E-state index contributed by atoms with van der Waals surface area (Å²) in [6.07, 6.45) is -6.01. The Hall–Kier alpha value is -2.54. The molecule has 0 bridgehead atoms. The van der Waals surface area contributed by atoms with Gasteiger partial charge >= 0.3 is 12.1 Å². The summed E-state index contributed by atoms with van der Waals surface area (Å²) in [5.74, 6) is -1.53. The lowest BCUT2D eigenvalue weighted by Crippen LogP contribution is -2.31. The van der Waals surface area contributed by atoms with Crippen LogP contribution in [0.3, 0.4) is 0 Å². The van der Waals surface area contributed by atoms with Gasteiger partial charge in [-0.3, -0.25) is 9.59 Å². The number of ether oxygens (including phenoxy) is 1. The average molecular weight is 400 g/mol. The normalized spacial score (nSPS) is 12.4. The van der Waals surface area contributed by atoms with Crippen molar-refractivity contribution in [1.82, 2.24) is 0 Å². The van der Waals surface area contributed by atoms with Crippen LogP contribution in [-0.4, -0.2) is 18.0 Å². The molecule has 0 saturated carbocycles. The van der Waals surface area contributed by atoms with Crippen LogP contribution in [0.15, 0.2) is 42.5 Å². The SMILES string of the molecule is Cc1ccc(CC(=O)O[C@@H](C)C(=O)Nc2ccc(Cl)cc2C(F)(F)F)cc1. The molecule has 4 nitrogen and oxygen atoms in total. The molecule has 8 heteroatoms. The molecular weight excluding hydrogens is 383 g/mol. The minimum atomic E-state index is -4.70. The van der Waals surface area contributed by atoms with Gasteiger partial charge in [-0.05, 0) is 37.6 Å². The van der Waals surface area contributed by atoms with Gasteiger partial charge in [0.2, 0.25) is 0 Å². The highest BCUT2D eigenvalue weighted by molar-refractivity contribution is 6.30. The Labute approximate surface area is 159 Å². The first-order chi connectivity index (χ1) is 12.6. The molecule has 2 aromatic carbocycles. The number of benzene rings is 2. The number of amides is 1. The molecule has 1 amide bonds. The van der Waals surface area contributed by atoms with Gasteiger partial charge in [0.05, 0.1) is 17.7 Å². The topological polar surface area (TPSA) is 55.4 Å². The number of alkyl halides is 3. The Kier molecular flexibility index (Phi) is 6.49. The molecule has 0 fully saturated rings. The Morgan fingerprint density at radius 3 is 2.37 bits per heavy atom. The molecule has 0 aromatic heterocycles. The fourth-order valence-electron chi connectivity index (χ4n) is 2.26. The zero-order valence-electron chi connectivity index (χ0n) is 14.6. The zero-order valence-corrected chi connectivity index (χ0v) is 15.3. The fraction of sp³-hybridized carbons (Fsp3) is 0.263. The van der Waals surface area contributed by atoms with Crippen LogP contribution < -0.4 is 5.32 Å². The number of esters is 1. The smallest absolute Gasteiger partial charge is 0.418 e. The predicted octanol–water partition coefficient (Wildman–Crippen LogP) is 4.78. The molecule has 0 aliphatic carbocycles. The minimum absolute atomic E-state index is 0.0490. The third-order valence-electron chi connectivity index (χ3n) is 3.69. The van der Waals surface area contributed by atoms with Crippen molar-refractivity contribution in [3.8, 4) is 0 Å². The van der Waals surface area contributed by atoms with Crippen molar-refractivity contribution in [3.63, 3.8) is 0 Å². The van der Waals surface area contributed by atoms with Gasteiger partial charge in [0, 0.05) is 5.02 Å². The third-order valence-corrected chi connectivity index (χ3v) is 3.93. The number of hydrogen-bond acceptors (Lipinski definition) is 3. The highest BCUT2D eigenvalue weighted by atomic mass is 35.5. The highest BCUT2D eigenvalue weighted by Crippen LogP contribution is 2.36. The largest absolute Gasteiger partial charge is 0.452 e. The molecule has 0 radical (unpaired) electrons. The summed E-state index contributed by atoms with van der Waals surface area (Å²) in [5, 5.41) is 2.01. The second-order valence-electron chi connectivity index (χ2n) is 5.97. The van der Waals surface area contributed by atoms with E-state index in [0.29, 0.717) is 11.6 Å². The van der Waals surface area contributed by atoms with Crippen molar-refractivity contribution >= 4 is 29.2 Å². The van der Waals surface area contributed by atoms with Crippen molar-refractivity contribution in [1.29, 1.82) is 0 Å². The number of aryl methyl sites for hydroxylation is 1. The van der Waals surface area contributed by atoms with Crippen LogP contribution in [0.5, 0.6) is 0 Å². The Bertz CT molecular complexity index is 835. The number of carbonyl (C=O) groups is 2. The van der Waals surface area contributed by atoms with E-state index in [4.69, 9.17) is 16.3 Å². The summed E-state index contributed by atoms with van der Waals surface area (Å²) in [6, 6.07) is 10.2. The molecule has 0 saturated heterocycles. The highest BCUT2D eigenvalue weighted by Gasteiger charge is 2.34. The van der Waals surface area contributed by atoms with Gasteiger partial charge in [-0.25, -0.2) is 0 Å². The predicted molar refractivity (Wildman–Crippen MR) is 95.5 cm³/mol. The molecule has 0 heterocycles. The summed E-state index contributed by atoms with van der Waals surface area (Å²) in [7, 11) is 0. The molecule has 2 aromatic rings. The molecule has 1 atom stereocenters. The zero-order chi connectivity index (χ0) is 20.2. The maximum Gasteiger partial charge on any atom is 0.418 e. The molecule has 144 valence electrons. The summed E-state index contributed by atoms with van der Waals surface area (Å²) in [5.41, 5.74) is 0.193. The lowest BCUT2D eigenvalue weighted by Gasteiger charge is -2.17. The van der Waals surface area contributed by atoms with E-state index in [0.717, 1.165) is 11.6 Å². The summed E-state index contributed by atoms with van der Waals surface area (Å²) >= 11 is 5.60. The van der Waals surface area contributed by atoms with Crippen LogP contribution in [-0.2, 0) is 26.9 Å². The maximum atomic E-state index is 13.1. The maximum absolute atomic E-state index is 13.1. The number of hydrogen-bond donors (Lipinski definition) is 1. The van der Waals surface area contributed by atoms with E-state index in [-0.39, 0.29) is 11.4 Å². The van der Waals surface area contributed by atoms with Gasteiger partial charge in [0.25, 0.3) is 5.91 Å². The standard InChI is InChI=1S/C19H17ClF3NO3/c1-11-3-5-13(6-4-11)9-17(25)27-12(2)18(26)24-16-8-7-14(20)10-15(16)19(21,22)23/h3-8,10,12H,9H2,1-2H3,(H,24,26)/t12-/m0/s1. The Morgan fingerprint density at radius 2 is 1.78 bits per heavy atom. The van der Waals surface area contributed by atoms with Crippen LogP contribution in [0.1, 0.15) is 23.6 Å². The second-order valence-corrected chi connectivity index (χ2v) is 6.41. The van der Waals surface area contributed by atoms with Gasteiger partial charge in [0.1, 0.15) is 0 Å². The van der Waals surface area contributed by atoms with Crippen molar-refractivity contribution in [2.24, 2.45) is 0 Å². The number of nitrogens with one attached hydrogen (secondary N) is 1. The summed E-state index contributed by atoms with van der Waals surface area (Å²) in [4.78, 5) is 24.1. The quantitative estimate of drug-likeness (QED) is 0.736. The number of carbonyl (C=O) groups excluding carboxylic acids is 2. The van der Waals surface area contributed by atoms with E-state index >= 15 is 0 Å². The molecule has 0 spiro atoms. The van der Waals surface area contributed by atoms with Crippen molar-refractivity contribution < 1.29 is 27.5 Å². The van der Waals surface area contributed by atoms with E-state index in [2.05, 4.69) is 5.32 Å². The van der Waals surface area contributed by atoms with Gasteiger partial charge in [-0.15, -0.1) is 0 Å². The Balaban J connectivity index is 2.01. The van der Waals surface area contributed by atoms with Gasteiger partial charge < -0.3 is 10.1 Å². The van der Waals surface area contributed by atoms with Gasteiger partial charge in [-0.2, -0.15) is 13.2 Å². The monoisotopic (exact) mass is 399 g/mol. The van der Waals surface area contributed by atoms with Gasteiger partial charge in [0.15, 0.2) is 6.10 Å². The van der Waals surface area contributed by atoms with E-state index in [1.165, 1.54) is 13.0 Å². The molecule has 2 rings (SSSR count). The molecule has 0 unspecified atom stereocenters. The summed E-state index contributed by atoms with van der Waals surface area (Å²) < 4.78 is 44.2. The van der Waals surface area contributed by atoms with Crippen molar-refractivity contribution in [2.45, 2.75) is 32.5 Å². The second kappa shape index (κ2) is 8.43. The first kappa shape index (κ1) is 20.8. The van der Waals surface area contributed by atoms with E-state index in [1.54, 1.807) is 12.1 Å². The molecule has 0 aliphatic heterocycles. The lowest BCUT2D eigenvalue weighted by molar-refractivity contribution is -0.152. The van der Waals surface area contributed by atoms with Crippen LogP contribution in [0.4, 0.5) is 18.9 Å². The molecule has 27 heavy (non-hydrogen) atoms. The number of anilines is 1.